The van der Waals surface area contributed by atoms with Crippen molar-refractivity contribution in [1.82, 2.24) is 14.7 Å². The highest BCUT2D eigenvalue weighted by molar-refractivity contribution is 5.81. The highest BCUT2D eigenvalue weighted by Crippen LogP contribution is 2.21. The molecule has 5 nitrogen and oxygen atoms in total. The monoisotopic (exact) mass is 275 g/mol. The third kappa shape index (κ3) is 2.44. The van der Waals surface area contributed by atoms with Crippen LogP contribution in [0.4, 0.5) is 0 Å². The molecule has 0 saturated carbocycles. The number of rotatable bonds is 4. The summed E-state index contributed by atoms with van der Waals surface area (Å²) >= 11 is 0. The van der Waals surface area contributed by atoms with Crippen LogP contribution < -0.4 is 0 Å². The standard InChI is InChI=1S/C15H21N3O2/c1-2-18-15-6-4-3-5-13(15)14(16-18)9-17-7-8-20-11-12(17)10-19/h3-6,12,19H,2,7-11H2,1H3. The predicted octanol–water partition coefficient (Wildman–Crippen LogP) is 1.25. The molecule has 0 aliphatic carbocycles. The summed E-state index contributed by atoms with van der Waals surface area (Å²) in [6.07, 6.45) is 0. The first-order chi connectivity index (χ1) is 9.83. The van der Waals surface area contributed by atoms with E-state index in [1.807, 2.05) is 10.7 Å². The Morgan fingerprint density at radius 3 is 3.05 bits per heavy atom. The summed E-state index contributed by atoms with van der Waals surface area (Å²) < 4.78 is 7.47. The Morgan fingerprint density at radius 1 is 1.40 bits per heavy atom. The minimum absolute atomic E-state index is 0.0780. The van der Waals surface area contributed by atoms with Crippen LogP contribution in [0.5, 0.6) is 0 Å². The highest BCUT2D eigenvalue weighted by Gasteiger charge is 2.24. The second kappa shape index (κ2) is 5.91. The number of aromatic nitrogens is 2. The van der Waals surface area contributed by atoms with Gasteiger partial charge in [-0.15, -0.1) is 0 Å². The molecule has 1 unspecified atom stereocenters. The lowest BCUT2D eigenvalue weighted by Crippen LogP contribution is -2.46. The Morgan fingerprint density at radius 2 is 2.25 bits per heavy atom. The number of aliphatic hydroxyl groups is 1. The van der Waals surface area contributed by atoms with Gasteiger partial charge in [0.2, 0.25) is 0 Å². The van der Waals surface area contributed by atoms with Crippen LogP contribution in [0.2, 0.25) is 0 Å². The number of morpholine rings is 1. The van der Waals surface area contributed by atoms with Gasteiger partial charge in [-0.25, -0.2) is 0 Å². The summed E-state index contributed by atoms with van der Waals surface area (Å²) in [5.41, 5.74) is 2.27. The van der Waals surface area contributed by atoms with Crippen molar-refractivity contribution in [1.29, 1.82) is 0 Å². The third-order valence-corrected chi connectivity index (χ3v) is 3.95. The molecule has 2 heterocycles. The molecule has 0 amide bonds. The van der Waals surface area contributed by atoms with Gasteiger partial charge in [-0.05, 0) is 13.0 Å². The number of aliphatic hydroxyl groups excluding tert-OH is 1. The summed E-state index contributed by atoms with van der Waals surface area (Å²) in [4.78, 5) is 2.26. The molecule has 1 aliphatic rings. The molecule has 1 saturated heterocycles. The molecule has 1 aliphatic heterocycles. The van der Waals surface area contributed by atoms with Crippen LogP contribution in [0.3, 0.4) is 0 Å². The molecule has 1 fully saturated rings. The van der Waals surface area contributed by atoms with Crippen LogP contribution >= 0.6 is 0 Å². The Balaban J connectivity index is 1.90. The maximum atomic E-state index is 9.46. The number of para-hydroxylation sites is 1. The van der Waals surface area contributed by atoms with Crippen molar-refractivity contribution in [2.24, 2.45) is 0 Å². The minimum Gasteiger partial charge on any atom is -0.395 e. The van der Waals surface area contributed by atoms with E-state index in [4.69, 9.17) is 9.84 Å². The number of benzene rings is 1. The third-order valence-electron chi connectivity index (χ3n) is 3.95. The van der Waals surface area contributed by atoms with Crippen molar-refractivity contribution in [2.45, 2.75) is 26.1 Å². The zero-order chi connectivity index (χ0) is 13.9. The summed E-state index contributed by atoms with van der Waals surface area (Å²) in [6.45, 7) is 6.04. The van der Waals surface area contributed by atoms with E-state index in [1.165, 1.54) is 10.9 Å². The topological polar surface area (TPSA) is 50.5 Å². The minimum atomic E-state index is 0.0780. The molecule has 20 heavy (non-hydrogen) atoms. The van der Waals surface area contributed by atoms with Gasteiger partial charge < -0.3 is 9.84 Å². The van der Waals surface area contributed by atoms with Crippen LogP contribution in [0.25, 0.3) is 10.9 Å². The average Bonchev–Trinajstić information content (AvgIpc) is 2.86. The number of hydrogen-bond donors (Lipinski definition) is 1. The smallest absolute Gasteiger partial charge is 0.0843 e. The Bertz CT molecular complexity index is 582. The normalized spacial score (nSPS) is 20.6. The lowest BCUT2D eigenvalue weighted by molar-refractivity contribution is -0.0316. The van der Waals surface area contributed by atoms with Crippen LogP contribution in [-0.4, -0.2) is 52.2 Å². The fourth-order valence-corrected chi connectivity index (χ4v) is 2.81. The van der Waals surface area contributed by atoms with Crippen molar-refractivity contribution in [3.63, 3.8) is 0 Å². The van der Waals surface area contributed by atoms with Crippen molar-refractivity contribution >= 4 is 10.9 Å². The summed E-state index contributed by atoms with van der Waals surface area (Å²) in [5, 5.41) is 15.4. The van der Waals surface area contributed by atoms with Crippen LogP contribution in [-0.2, 0) is 17.8 Å². The van der Waals surface area contributed by atoms with E-state index in [0.717, 1.165) is 31.9 Å². The van der Waals surface area contributed by atoms with Gasteiger partial charge in [0.15, 0.2) is 0 Å². The quantitative estimate of drug-likeness (QED) is 0.912. The van der Waals surface area contributed by atoms with Gasteiger partial charge in [0.25, 0.3) is 0 Å². The highest BCUT2D eigenvalue weighted by atomic mass is 16.5. The second-order valence-electron chi connectivity index (χ2n) is 5.16. The van der Waals surface area contributed by atoms with Gasteiger partial charge in [-0.3, -0.25) is 9.58 Å². The molecule has 1 aromatic carbocycles. The zero-order valence-electron chi connectivity index (χ0n) is 11.8. The number of nitrogens with zero attached hydrogens (tertiary/aromatic N) is 3. The molecule has 1 N–H and O–H groups in total. The molecule has 108 valence electrons. The number of hydrogen-bond acceptors (Lipinski definition) is 4. The molecule has 1 atom stereocenters. The Kier molecular flexibility index (Phi) is 4.00. The molecule has 5 heteroatoms. The first-order valence-electron chi connectivity index (χ1n) is 7.20. The van der Waals surface area contributed by atoms with Crippen LogP contribution in [0.1, 0.15) is 12.6 Å². The van der Waals surface area contributed by atoms with Crippen molar-refractivity contribution in [2.75, 3.05) is 26.4 Å². The largest absolute Gasteiger partial charge is 0.395 e. The van der Waals surface area contributed by atoms with Crippen molar-refractivity contribution < 1.29 is 9.84 Å². The SMILES string of the molecule is CCn1nc(CN2CCOCC2CO)c2ccccc21. The van der Waals surface area contributed by atoms with Crippen LogP contribution in [0, 0.1) is 0 Å². The first-order valence-corrected chi connectivity index (χ1v) is 7.20. The molecule has 3 rings (SSSR count). The van der Waals surface area contributed by atoms with E-state index < -0.39 is 0 Å². The maximum absolute atomic E-state index is 9.46. The second-order valence-corrected chi connectivity index (χ2v) is 5.16. The summed E-state index contributed by atoms with van der Waals surface area (Å²) in [7, 11) is 0. The van der Waals surface area contributed by atoms with E-state index in [-0.39, 0.29) is 12.6 Å². The van der Waals surface area contributed by atoms with E-state index >= 15 is 0 Å². The van der Waals surface area contributed by atoms with Crippen molar-refractivity contribution in [3.8, 4) is 0 Å². The summed E-state index contributed by atoms with van der Waals surface area (Å²) in [6, 6.07) is 8.41. The Hall–Kier alpha value is -1.43. The van der Waals surface area contributed by atoms with E-state index in [0.29, 0.717) is 6.61 Å². The predicted molar refractivity (Wildman–Crippen MR) is 77.5 cm³/mol. The molecular formula is C15H21N3O2. The molecular weight excluding hydrogens is 254 g/mol. The maximum Gasteiger partial charge on any atom is 0.0843 e. The van der Waals surface area contributed by atoms with E-state index in [9.17, 15) is 5.11 Å². The Labute approximate surface area is 118 Å². The number of aryl methyl sites for hydroxylation is 1. The molecule has 0 spiro atoms. The number of ether oxygens (including phenoxy) is 1. The first kappa shape index (κ1) is 13.5. The fourth-order valence-electron chi connectivity index (χ4n) is 2.81. The van der Waals surface area contributed by atoms with Gasteiger partial charge in [0, 0.05) is 25.0 Å². The van der Waals surface area contributed by atoms with E-state index in [2.05, 4.69) is 30.0 Å². The number of fused-ring (bicyclic) bond motifs is 1. The van der Waals surface area contributed by atoms with Gasteiger partial charge >= 0.3 is 0 Å². The van der Waals surface area contributed by atoms with Crippen LogP contribution in [0.15, 0.2) is 24.3 Å². The van der Waals surface area contributed by atoms with Gasteiger partial charge in [-0.2, -0.15) is 5.10 Å². The molecule has 2 aromatic rings. The van der Waals surface area contributed by atoms with Crippen molar-refractivity contribution in [3.05, 3.63) is 30.0 Å². The summed E-state index contributed by atoms with van der Waals surface area (Å²) in [5.74, 6) is 0. The van der Waals surface area contributed by atoms with Gasteiger partial charge in [0.1, 0.15) is 0 Å². The zero-order valence-corrected chi connectivity index (χ0v) is 11.8. The molecule has 0 bridgehead atoms. The van der Waals surface area contributed by atoms with E-state index in [1.54, 1.807) is 0 Å². The average molecular weight is 275 g/mol. The fraction of sp³-hybridized carbons (Fsp3) is 0.533. The van der Waals surface area contributed by atoms with Gasteiger partial charge in [0.05, 0.1) is 37.1 Å². The molecule has 1 aromatic heterocycles. The van der Waals surface area contributed by atoms with Gasteiger partial charge in [-0.1, -0.05) is 18.2 Å². The lowest BCUT2D eigenvalue weighted by atomic mass is 10.1. The molecule has 0 radical (unpaired) electrons. The lowest BCUT2D eigenvalue weighted by Gasteiger charge is -2.33.